The monoisotopic (exact) mass is 434 g/mol. The molecule has 2 heterocycles. The van der Waals surface area contributed by atoms with E-state index in [9.17, 15) is 25.0 Å². The van der Waals surface area contributed by atoms with Crippen LogP contribution in [-0.4, -0.2) is 52.6 Å². The second-order valence-electron chi connectivity index (χ2n) is 8.39. The maximum atomic E-state index is 12.6. The zero-order chi connectivity index (χ0) is 22.5. The van der Waals surface area contributed by atoms with E-state index in [1.54, 1.807) is 4.90 Å². The molecule has 0 aliphatic carbocycles. The molecule has 1 aromatic rings. The number of carbonyl (C=O) groups excluding carboxylic acids is 1. The van der Waals surface area contributed by atoms with Gasteiger partial charge in [0.2, 0.25) is 0 Å². The van der Waals surface area contributed by atoms with E-state index >= 15 is 0 Å². The summed E-state index contributed by atoms with van der Waals surface area (Å²) >= 11 is 0. The van der Waals surface area contributed by atoms with E-state index in [2.05, 4.69) is 0 Å². The second kappa shape index (κ2) is 9.93. The van der Waals surface area contributed by atoms with Crippen LogP contribution in [-0.2, 0) is 11.2 Å². The van der Waals surface area contributed by atoms with Crippen LogP contribution in [0.1, 0.15) is 57.9 Å². The minimum Gasteiger partial charge on any atom is -0.449 e. The molecule has 2 saturated heterocycles. The number of piperidine rings is 2. The Labute approximate surface area is 181 Å². The molecule has 3 rings (SSSR count). The van der Waals surface area contributed by atoms with Gasteiger partial charge in [-0.05, 0) is 58.4 Å². The van der Waals surface area contributed by atoms with Gasteiger partial charge in [-0.3, -0.25) is 20.2 Å². The summed E-state index contributed by atoms with van der Waals surface area (Å²) in [6.07, 6.45) is 5.19. The van der Waals surface area contributed by atoms with Crippen LogP contribution in [0.15, 0.2) is 12.1 Å². The van der Waals surface area contributed by atoms with Crippen molar-refractivity contribution in [1.82, 2.24) is 4.90 Å². The molecule has 0 N–H and O–H groups in total. The van der Waals surface area contributed by atoms with Crippen LogP contribution in [0, 0.1) is 20.2 Å². The lowest BCUT2D eigenvalue weighted by molar-refractivity contribution is -0.395. The fourth-order valence-corrected chi connectivity index (χ4v) is 4.72. The van der Waals surface area contributed by atoms with Gasteiger partial charge in [-0.2, -0.15) is 0 Å². The Hall–Kier alpha value is -2.91. The molecule has 0 saturated carbocycles. The summed E-state index contributed by atoms with van der Waals surface area (Å²) in [5.41, 5.74) is -0.171. The van der Waals surface area contributed by atoms with Crippen LogP contribution in [0.5, 0.6) is 0 Å². The maximum absolute atomic E-state index is 12.6. The van der Waals surface area contributed by atoms with Crippen molar-refractivity contribution in [1.29, 1.82) is 0 Å². The van der Waals surface area contributed by atoms with Crippen LogP contribution in [0.25, 0.3) is 0 Å². The van der Waals surface area contributed by atoms with Crippen molar-refractivity contribution in [2.24, 2.45) is 0 Å². The molecule has 2 aliphatic heterocycles. The Morgan fingerprint density at radius 2 is 1.68 bits per heavy atom. The number of anilines is 1. The molecule has 1 aromatic carbocycles. The standard InChI is InChI=1S/C21H30N4O6/c1-15-7-6-8-16(2)23(15)21(26)31-14-11-17-18(24(27)28)9-10-19(20(17)25(29)30)22-12-4-3-5-13-22/h9-10,15-16H,3-8,11-14H2,1-2H3. The average molecular weight is 434 g/mol. The van der Waals surface area contributed by atoms with E-state index in [0.717, 1.165) is 38.5 Å². The Balaban J connectivity index is 1.82. The number of rotatable bonds is 6. The zero-order valence-corrected chi connectivity index (χ0v) is 18.1. The molecule has 2 aliphatic rings. The summed E-state index contributed by atoms with van der Waals surface area (Å²) in [5.74, 6) is 0. The quantitative estimate of drug-likeness (QED) is 0.480. The minimum absolute atomic E-state index is 0.00520. The van der Waals surface area contributed by atoms with Crippen LogP contribution in [0.3, 0.4) is 0 Å². The largest absolute Gasteiger partial charge is 0.449 e. The van der Waals surface area contributed by atoms with Crippen LogP contribution in [0.2, 0.25) is 0 Å². The van der Waals surface area contributed by atoms with E-state index in [0.29, 0.717) is 18.8 Å². The Bertz CT molecular complexity index is 829. The molecular weight excluding hydrogens is 404 g/mol. The molecule has 10 heteroatoms. The average Bonchev–Trinajstić information content (AvgIpc) is 2.73. The molecule has 0 radical (unpaired) electrons. The SMILES string of the molecule is CC1CCCC(C)N1C(=O)OCCc1c([N+](=O)[O-])ccc(N2CCCCC2)c1[N+](=O)[O-]. The maximum Gasteiger partial charge on any atom is 0.410 e. The second-order valence-corrected chi connectivity index (χ2v) is 8.39. The van der Waals surface area contributed by atoms with Gasteiger partial charge in [-0.15, -0.1) is 0 Å². The first-order chi connectivity index (χ1) is 14.8. The van der Waals surface area contributed by atoms with Gasteiger partial charge in [0.05, 0.1) is 16.5 Å². The van der Waals surface area contributed by atoms with Gasteiger partial charge in [0, 0.05) is 37.7 Å². The molecular formula is C21H30N4O6. The molecule has 1 amide bonds. The number of carbonyl (C=O) groups is 1. The normalized spacial score (nSPS) is 21.6. The molecule has 2 atom stereocenters. The highest BCUT2D eigenvalue weighted by molar-refractivity contribution is 5.72. The van der Waals surface area contributed by atoms with Crippen molar-refractivity contribution in [2.75, 3.05) is 24.6 Å². The topological polar surface area (TPSA) is 119 Å². The zero-order valence-electron chi connectivity index (χ0n) is 18.1. The van der Waals surface area contributed by atoms with E-state index < -0.39 is 15.9 Å². The van der Waals surface area contributed by atoms with Crippen LogP contribution in [0.4, 0.5) is 21.9 Å². The smallest absolute Gasteiger partial charge is 0.410 e. The summed E-state index contributed by atoms with van der Waals surface area (Å²) in [7, 11) is 0. The number of ether oxygens (including phenoxy) is 1. The summed E-state index contributed by atoms with van der Waals surface area (Å²) in [6.45, 7) is 5.14. The number of amides is 1. The first kappa shape index (κ1) is 22.8. The molecule has 2 fully saturated rings. The molecule has 0 bridgehead atoms. The Kier molecular flexibility index (Phi) is 7.29. The van der Waals surface area contributed by atoms with Crippen molar-refractivity contribution >= 4 is 23.2 Å². The highest BCUT2D eigenvalue weighted by Gasteiger charge is 2.33. The van der Waals surface area contributed by atoms with Crippen LogP contribution >= 0.6 is 0 Å². The van der Waals surface area contributed by atoms with Gasteiger partial charge in [0.15, 0.2) is 0 Å². The third kappa shape index (κ3) is 5.05. The number of hydrogen-bond donors (Lipinski definition) is 0. The molecule has 10 nitrogen and oxygen atoms in total. The lowest BCUT2D eigenvalue weighted by Gasteiger charge is -2.38. The Morgan fingerprint density at radius 3 is 2.26 bits per heavy atom. The van der Waals surface area contributed by atoms with E-state index in [-0.39, 0.29) is 42.0 Å². The third-order valence-electron chi connectivity index (χ3n) is 6.29. The first-order valence-electron chi connectivity index (χ1n) is 11.0. The number of hydrogen-bond acceptors (Lipinski definition) is 7. The van der Waals surface area contributed by atoms with Crippen molar-refractivity contribution in [3.63, 3.8) is 0 Å². The van der Waals surface area contributed by atoms with Gasteiger partial charge in [0.1, 0.15) is 11.3 Å². The lowest BCUT2D eigenvalue weighted by atomic mass is 9.98. The van der Waals surface area contributed by atoms with Crippen molar-refractivity contribution in [2.45, 2.75) is 70.9 Å². The number of nitro benzene ring substituents is 2. The summed E-state index contributed by atoms with van der Waals surface area (Å²) in [4.78, 5) is 38.5. The van der Waals surface area contributed by atoms with Gasteiger partial charge in [-0.1, -0.05) is 0 Å². The fraction of sp³-hybridized carbons (Fsp3) is 0.667. The first-order valence-corrected chi connectivity index (χ1v) is 11.0. The molecule has 0 aromatic heterocycles. The lowest BCUT2D eigenvalue weighted by Crippen LogP contribution is -2.47. The number of benzene rings is 1. The molecule has 31 heavy (non-hydrogen) atoms. The predicted molar refractivity (Wildman–Crippen MR) is 115 cm³/mol. The third-order valence-corrected chi connectivity index (χ3v) is 6.29. The summed E-state index contributed by atoms with van der Waals surface area (Å²) < 4.78 is 5.41. The highest BCUT2D eigenvalue weighted by atomic mass is 16.6. The number of likely N-dealkylation sites (tertiary alicyclic amines) is 1. The minimum atomic E-state index is -0.612. The molecule has 2 unspecified atom stereocenters. The van der Waals surface area contributed by atoms with Crippen molar-refractivity contribution < 1.29 is 19.4 Å². The van der Waals surface area contributed by atoms with E-state index in [1.165, 1.54) is 12.1 Å². The molecule has 0 spiro atoms. The highest BCUT2D eigenvalue weighted by Crippen LogP contribution is 2.39. The number of nitro groups is 2. The fourth-order valence-electron chi connectivity index (χ4n) is 4.72. The summed E-state index contributed by atoms with van der Waals surface area (Å²) in [5, 5.41) is 23.5. The summed E-state index contributed by atoms with van der Waals surface area (Å²) in [6, 6.07) is 2.90. The van der Waals surface area contributed by atoms with Crippen LogP contribution < -0.4 is 4.90 Å². The van der Waals surface area contributed by atoms with Gasteiger partial charge in [0.25, 0.3) is 5.69 Å². The van der Waals surface area contributed by atoms with Gasteiger partial charge >= 0.3 is 11.8 Å². The number of nitrogens with zero attached hydrogens (tertiary/aromatic N) is 4. The predicted octanol–water partition coefficient (Wildman–Crippen LogP) is 4.44. The Morgan fingerprint density at radius 1 is 1.03 bits per heavy atom. The van der Waals surface area contributed by atoms with Gasteiger partial charge in [-0.25, -0.2) is 4.79 Å². The van der Waals surface area contributed by atoms with Crippen molar-refractivity contribution in [3.05, 3.63) is 37.9 Å². The van der Waals surface area contributed by atoms with Gasteiger partial charge < -0.3 is 14.5 Å². The van der Waals surface area contributed by atoms with E-state index in [1.807, 2.05) is 18.7 Å². The molecule has 170 valence electrons. The van der Waals surface area contributed by atoms with Crippen molar-refractivity contribution in [3.8, 4) is 0 Å². The van der Waals surface area contributed by atoms with E-state index in [4.69, 9.17) is 4.74 Å².